The van der Waals surface area contributed by atoms with E-state index < -0.39 is 6.10 Å². The molecule has 2 heterocycles. The Balaban J connectivity index is 1.95. The molecule has 2 fully saturated rings. The van der Waals surface area contributed by atoms with Gasteiger partial charge in [-0.05, 0) is 0 Å². The van der Waals surface area contributed by atoms with Gasteiger partial charge < -0.3 is 24.8 Å². The number of nitrogens with one attached hydrogen (secondary N) is 1. The zero-order valence-corrected chi connectivity index (χ0v) is 9.22. The summed E-state index contributed by atoms with van der Waals surface area (Å²) in [4.78, 5) is 13.8. The van der Waals surface area contributed by atoms with Crippen LogP contribution in [-0.4, -0.2) is 74.1 Å². The minimum Gasteiger partial charge on any atom is -0.394 e. The third-order valence-electron chi connectivity index (χ3n) is 2.92. The lowest BCUT2D eigenvalue weighted by molar-refractivity contribution is -0.155. The van der Waals surface area contributed by atoms with Gasteiger partial charge in [-0.2, -0.15) is 0 Å². The van der Waals surface area contributed by atoms with Crippen molar-refractivity contribution in [2.45, 2.75) is 12.1 Å². The Morgan fingerprint density at radius 1 is 1.50 bits per heavy atom. The zero-order valence-electron chi connectivity index (χ0n) is 9.22. The van der Waals surface area contributed by atoms with Gasteiger partial charge in [-0.1, -0.05) is 0 Å². The van der Waals surface area contributed by atoms with E-state index in [1.54, 1.807) is 4.90 Å². The summed E-state index contributed by atoms with van der Waals surface area (Å²) in [7, 11) is 0. The van der Waals surface area contributed by atoms with Gasteiger partial charge in [0, 0.05) is 19.6 Å². The molecule has 6 nitrogen and oxygen atoms in total. The zero-order chi connectivity index (χ0) is 11.4. The van der Waals surface area contributed by atoms with Crippen LogP contribution >= 0.6 is 0 Å². The van der Waals surface area contributed by atoms with E-state index in [-0.39, 0.29) is 18.6 Å². The van der Waals surface area contributed by atoms with Crippen LogP contribution in [0.3, 0.4) is 0 Å². The van der Waals surface area contributed by atoms with Crippen molar-refractivity contribution in [3.8, 4) is 0 Å². The van der Waals surface area contributed by atoms with Crippen molar-refractivity contribution in [3.05, 3.63) is 0 Å². The molecule has 0 radical (unpaired) electrons. The summed E-state index contributed by atoms with van der Waals surface area (Å²) < 4.78 is 10.6. The maximum absolute atomic E-state index is 12.1. The first-order chi connectivity index (χ1) is 7.83. The van der Waals surface area contributed by atoms with Crippen LogP contribution < -0.4 is 5.32 Å². The highest BCUT2D eigenvalue weighted by atomic mass is 16.5. The average Bonchev–Trinajstić information content (AvgIpc) is 2.39. The van der Waals surface area contributed by atoms with Crippen LogP contribution in [0.1, 0.15) is 0 Å². The monoisotopic (exact) mass is 230 g/mol. The summed E-state index contributed by atoms with van der Waals surface area (Å²) in [6, 6.07) is -0.230. The number of aliphatic hydroxyl groups is 1. The van der Waals surface area contributed by atoms with Gasteiger partial charge in [-0.25, -0.2) is 0 Å². The number of carbonyl (C=O) groups is 1. The fraction of sp³-hybridized carbons (Fsp3) is 0.900. The minimum absolute atomic E-state index is 0.0467. The Morgan fingerprint density at radius 2 is 2.38 bits per heavy atom. The second kappa shape index (κ2) is 5.58. The SMILES string of the molecule is O=C(C1CNCCO1)N1CCOCC1CO. The second-order valence-electron chi connectivity index (χ2n) is 4.01. The third kappa shape index (κ3) is 2.52. The average molecular weight is 230 g/mol. The number of amides is 1. The minimum atomic E-state index is -0.416. The summed E-state index contributed by atoms with van der Waals surface area (Å²) in [5.41, 5.74) is 0. The van der Waals surface area contributed by atoms with E-state index in [2.05, 4.69) is 5.32 Å². The molecular weight excluding hydrogens is 212 g/mol. The Kier molecular flexibility index (Phi) is 4.11. The molecule has 2 rings (SSSR count). The van der Waals surface area contributed by atoms with E-state index in [9.17, 15) is 9.90 Å². The first-order valence-corrected chi connectivity index (χ1v) is 5.64. The Bertz CT molecular complexity index is 243. The van der Waals surface area contributed by atoms with Crippen molar-refractivity contribution in [1.82, 2.24) is 10.2 Å². The molecule has 6 heteroatoms. The van der Waals surface area contributed by atoms with Crippen LogP contribution in [0.2, 0.25) is 0 Å². The lowest BCUT2D eigenvalue weighted by atomic mass is 10.2. The quantitative estimate of drug-likeness (QED) is 0.585. The summed E-state index contributed by atoms with van der Waals surface area (Å²) in [5.74, 6) is -0.0467. The van der Waals surface area contributed by atoms with E-state index in [0.717, 1.165) is 6.54 Å². The van der Waals surface area contributed by atoms with E-state index in [1.807, 2.05) is 0 Å². The van der Waals surface area contributed by atoms with Gasteiger partial charge in [-0.15, -0.1) is 0 Å². The maximum atomic E-state index is 12.1. The lowest BCUT2D eigenvalue weighted by Gasteiger charge is -2.37. The van der Waals surface area contributed by atoms with Crippen LogP contribution in [-0.2, 0) is 14.3 Å². The van der Waals surface area contributed by atoms with Crippen molar-refractivity contribution in [2.24, 2.45) is 0 Å². The topological polar surface area (TPSA) is 71.0 Å². The van der Waals surface area contributed by atoms with Crippen molar-refractivity contribution >= 4 is 5.91 Å². The smallest absolute Gasteiger partial charge is 0.253 e. The molecule has 0 aromatic carbocycles. The first kappa shape index (κ1) is 11.8. The Labute approximate surface area is 94.5 Å². The molecule has 2 saturated heterocycles. The van der Waals surface area contributed by atoms with Gasteiger partial charge in [0.2, 0.25) is 0 Å². The van der Waals surface area contributed by atoms with Crippen LogP contribution in [0.15, 0.2) is 0 Å². The van der Waals surface area contributed by atoms with E-state index >= 15 is 0 Å². The number of carbonyl (C=O) groups excluding carboxylic acids is 1. The van der Waals surface area contributed by atoms with Crippen molar-refractivity contribution in [3.63, 3.8) is 0 Å². The van der Waals surface area contributed by atoms with E-state index in [1.165, 1.54) is 0 Å². The highest BCUT2D eigenvalue weighted by Gasteiger charge is 2.32. The highest BCUT2D eigenvalue weighted by molar-refractivity contribution is 5.81. The fourth-order valence-corrected chi connectivity index (χ4v) is 2.01. The molecule has 0 bridgehead atoms. The molecule has 1 amide bonds. The van der Waals surface area contributed by atoms with Crippen LogP contribution in [0.25, 0.3) is 0 Å². The molecule has 2 atom stereocenters. The van der Waals surface area contributed by atoms with Crippen LogP contribution in [0.4, 0.5) is 0 Å². The van der Waals surface area contributed by atoms with Gasteiger partial charge >= 0.3 is 0 Å². The van der Waals surface area contributed by atoms with Crippen molar-refractivity contribution in [1.29, 1.82) is 0 Å². The Morgan fingerprint density at radius 3 is 3.06 bits per heavy atom. The summed E-state index contributed by atoms with van der Waals surface area (Å²) in [5, 5.41) is 12.3. The largest absolute Gasteiger partial charge is 0.394 e. The van der Waals surface area contributed by atoms with Gasteiger partial charge in [0.1, 0.15) is 6.10 Å². The molecule has 2 aliphatic heterocycles. The third-order valence-corrected chi connectivity index (χ3v) is 2.92. The number of morpholine rings is 2. The molecule has 0 saturated carbocycles. The van der Waals surface area contributed by atoms with Gasteiger partial charge in [0.15, 0.2) is 0 Å². The van der Waals surface area contributed by atoms with E-state index in [0.29, 0.717) is 32.9 Å². The van der Waals surface area contributed by atoms with E-state index in [4.69, 9.17) is 9.47 Å². The number of hydrogen-bond donors (Lipinski definition) is 2. The second-order valence-corrected chi connectivity index (χ2v) is 4.01. The number of nitrogens with zero attached hydrogens (tertiary/aromatic N) is 1. The van der Waals surface area contributed by atoms with Gasteiger partial charge in [-0.3, -0.25) is 4.79 Å². The van der Waals surface area contributed by atoms with Crippen LogP contribution in [0.5, 0.6) is 0 Å². The summed E-state index contributed by atoms with van der Waals surface area (Å²) >= 11 is 0. The molecule has 92 valence electrons. The maximum Gasteiger partial charge on any atom is 0.253 e. The van der Waals surface area contributed by atoms with Crippen molar-refractivity contribution < 1.29 is 19.4 Å². The number of rotatable bonds is 2. The Hall–Kier alpha value is -0.690. The summed E-state index contributed by atoms with van der Waals surface area (Å²) in [6.45, 7) is 3.30. The van der Waals surface area contributed by atoms with Crippen LogP contribution in [0, 0.1) is 0 Å². The molecule has 0 aromatic heterocycles. The van der Waals surface area contributed by atoms with Gasteiger partial charge in [0.05, 0.1) is 32.5 Å². The molecule has 0 aliphatic carbocycles. The van der Waals surface area contributed by atoms with Crippen molar-refractivity contribution in [2.75, 3.05) is 46.1 Å². The van der Waals surface area contributed by atoms with Gasteiger partial charge in [0.25, 0.3) is 5.91 Å². The normalized spacial score (nSPS) is 31.4. The fourth-order valence-electron chi connectivity index (χ4n) is 2.01. The number of ether oxygens (including phenoxy) is 2. The lowest BCUT2D eigenvalue weighted by Crippen LogP contribution is -2.57. The molecule has 2 N–H and O–H groups in total. The predicted octanol–water partition coefficient (Wildman–Crippen LogP) is -1.81. The highest BCUT2D eigenvalue weighted by Crippen LogP contribution is 2.10. The first-order valence-electron chi connectivity index (χ1n) is 5.64. The standard InChI is InChI=1S/C10H18N2O4/c13-6-8-7-15-4-2-12(8)10(14)9-5-11-1-3-16-9/h8-9,11,13H,1-7H2. The molecular formula is C10H18N2O4. The molecule has 0 spiro atoms. The summed E-state index contributed by atoms with van der Waals surface area (Å²) in [6.07, 6.45) is -0.416. The molecule has 2 unspecified atom stereocenters. The molecule has 16 heavy (non-hydrogen) atoms. The number of aliphatic hydroxyl groups excluding tert-OH is 1. The molecule has 2 aliphatic rings. The predicted molar refractivity (Wildman–Crippen MR) is 56.0 cm³/mol. The molecule has 0 aromatic rings. The number of hydrogen-bond acceptors (Lipinski definition) is 5.